The SMILES string of the molecule is Cc1nc2c(OCc3sccc3F)cccn2c1C(=O)N[C@@H](CO)c1ccccc1. The summed E-state index contributed by atoms with van der Waals surface area (Å²) in [6, 6.07) is 13.6. The van der Waals surface area contributed by atoms with Gasteiger partial charge in [-0.05, 0) is 36.1 Å². The fourth-order valence-corrected chi connectivity index (χ4v) is 3.92. The van der Waals surface area contributed by atoms with Gasteiger partial charge in [-0.3, -0.25) is 9.20 Å². The molecule has 0 aliphatic rings. The lowest BCUT2D eigenvalue weighted by Crippen LogP contribution is -2.32. The summed E-state index contributed by atoms with van der Waals surface area (Å²) in [5.74, 6) is -0.207. The van der Waals surface area contributed by atoms with Crippen molar-refractivity contribution >= 4 is 22.9 Å². The molecule has 4 rings (SSSR count). The Labute approximate surface area is 176 Å². The van der Waals surface area contributed by atoms with Crippen molar-refractivity contribution < 1.29 is 19.0 Å². The number of thiophene rings is 1. The maximum absolute atomic E-state index is 13.7. The average molecular weight is 425 g/mol. The number of benzene rings is 1. The van der Waals surface area contributed by atoms with Gasteiger partial charge >= 0.3 is 0 Å². The van der Waals surface area contributed by atoms with Crippen LogP contribution in [-0.2, 0) is 6.61 Å². The molecule has 6 nitrogen and oxygen atoms in total. The first-order valence-corrected chi connectivity index (χ1v) is 10.3. The van der Waals surface area contributed by atoms with Crippen molar-refractivity contribution in [3.8, 4) is 5.75 Å². The molecule has 1 amide bonds. The molecule has 154 valence electrons. The van der Waals surface area contributed by atoms with Crippen LogP contribution in [0.25, 0.3) is 5.65 Å². The minimum atomic E-state index is -0.537. The Balaban J connectivity index is 1.60. The van der Waals surface area contributed by atoms with Gasteiger partial charge in [-0.1, -0.05) is 30.3 Å². The Morgan fingerprint density at radius 3 is 2.77 bits per heavy atom. The van der Waals surface area contributed by atoms with E-state index in [1.54, 1.807) is 35.0 Å². The molecule has 0 bridgehead atoms. The minimum Gasteiger partial charge on any atom is -0.484 e. The van der Waals surface area contributed by atoms with Crippen LogP contribution in [0.3, 0.4) is 0 Å². The van der Waals surface area contributed by atoms with Gasteiger partial charge in [-0.25, -0.2) is 9.37 Å². The standard InChI is InChI=1S/C22H20FN3O3S/c1-14-20(22(28)25-17(12-27)15-6-3-2-4-7-15)26-10-5-8-18(21(26)24-14)29-13-19-16(23)9-11-30-19/h2-11,17,27H,12-13H2,1H3,(H,25,28)/t17-/m0/s1. The van der Waals surface area contributed by atoms with E-state index in [1.807, 2.05) is 30.3 Å². The summed E-state index contributed by atoms with van der Waals surface area (Å²) >= 11 is 1.28. The predicted octanol–water partition coefficient (Wildman–Crippen LogP) is 3.89. The van der Waals surface area contributed by atoms with E-state index in [2.05, 4.69) is 10.3 Å². The summed E-state index contributed by atoms with van der Waals surface area (Å²) < 4.78 is 21.1. The number of carbonyl (C=O) groups excluding carboxylic acids is 1. The summed E-state index contributed by atoms with van der Waals surface area (Å²) in [5.41, 5.74) is 2.15. The van der Waals surface area contributed by atoms with Crippen LogP contribution in [0.1, 0.15) is 32.7 Å². The lowest BCUT2D eigenvalue weighted by molar-refractivity contribution is 0.0909. The highest BCUT2D eigenvalue weighted by atomic mass is 32.1. The predicted molar refractivity (Wildman–Crippen MR) is 112 cm³/mol. The fraction of sp³-hybridized carbons (Fsp3) is 0.182. The van der Waals surface area contributed by atoms with Crippen LogP contribution >= 0.6 is 11.3 Å². The maximum Gasteiger partial charge on any atom is 0.270 e. The first-order chi connectivity index (χ1) is 14.6. The number of imidazole rings is 1. The Kier molecular flexibility index (Phi) is 5.78. The molecular weight excluding hydrogens is 405 g/mol. The number of halogens is 1. The van der Waals surface area contributed by atoms with Crippen LogP contribution in [0, 0.1) is 12.7 Å². The summed E-state index contributed by atoms with van der Waals surface area (Å²) in [6.07, 6.45) is 1.72. The molecule has 0 saturated carbocycles. The van der Waals surface area contributed by atoms with Crippen molar-refractivity contribution in [1.82, 2.24) is 14.7 Å². The van der Waals surface area contributed by atoms with Gasteiger partial charge in [0, 0.05) is 6.20 Å². The Morgan fingerprint density at radius 2 is 2.07 bits per heavy atom. The first-order valence-electron chi connectivity index (χ1n) is 9.37. The number of hydrogen-bond donors (Lipinski definition) is 2. The van der Waals surface area contributed by atoms with Crippen molar-refractivity contribution in [3.05, 3.63) is 87.8 Å². The molecule has 0 fully saturated rings. The fourth-order valence-electron chi connectivity index (χ4n) is 3.26. The van der Waals surface area contributed by atoms with Crippen LogP contribution in [-0.4, -0.2) is 27.0 Å². The van der Waals surface area contributed by atoms with Crippen molar-refractivity contribution in [2.45, 2.75) is 19.6 Å². The quantitative estimate of drug-likeness (QED) is 0.471. The van der Waals surface area contributed by atoms with Gasteiger partial charge in [0.25, 0.3) is 5.91 Å². The van der Waals surface area contributed by atoms with Crippen molar-refractivity contribution in [2.24, 2.45) is 0 Å². The molecular formula is C22H20FN3O3S. The summed E-state index contributed by atoms with van der Waals surface area (Å²) in [5, 5.41) is 14.3. The third-order valence-corrected chi connectivity index (χ3v) is 5.61. The van der Waals surface area contributed by atoms with Crippen LogP contribution in [0.15, 0.2) is 60.1 Å². The number of aliphatic hydroxyl groups excluding tert-OH is 1. The molecule has 0 unspecified atom stereocenters. The van der Waals surface area contributed by atoms with Gasteiger partial charge in [0.15, 0.2) is 11.4 Å². The molecule has 0 aliphatic heterocycles. The third-order valence-electron chi connectivity index (χ3n) is 4.74. The zero-order valence-corrected chi connectivity index (χ0v) is 17.0. The number of amides is 1. The average Bonchev–Trinajstić information content (AvgIpc) is 3.33. The highest BCUT2D eigenvalue weighted by molar-refractivity contribution is 7.09. The van der Waals surface area contributed by atoms with E-state index in [9.17, 15) is 14.3 Å². The first kappa shape index (κ1) is 20.1. The lowest BCUT2D eigenvalue weighted by atomic mass is 10.1. The van der Waals surface area contributed by atoms with Gasteiger partial charge in [-0.15, -0.1) is 11.3 Å². The number of aromatic nitrogens is 2. The summed E-state index contributed by atoms with van der Waals surface area (Å²) in [4.78, 5) is 18.0. The topological polar surface area (TPSA) is 75.9 Å². The van der Waals surface area contributed by atoms with Crippen molar-refractivity contribution in [2.75, 3.05) is 6.61 Å². The number of carbonyl (C=O) groups is 1. The van der Waals surface area contributed by atoms with Gasteiger partial charge in [-0.2, -0.15) is 0 Å². The number of ether oxygens (including phenoxy) is 1. The molecule has 3 heterocycles. The Morgan fingerprint density at radius 1 is 1.27 bits per heavy atom. The Hall–Kier alpha value is -3.23. The second-order valence-corrected chi connectivity index (χ2v) is 7.71. The highest BCUT2D eigenvalue weighted by Gasteiger charge is 2.22. The van der Waals surface area contributed by atoms with E-state index in [0.717, 1.165) is 5.56 Å². The van der Waals surface area contributed by atoms with E-state index in [1.165, 1.54) is 17.4 Å². The minimum absolute atomic E-state index is 0.0806. The van der Waals surface area contributed by atoms with E-state index >= 15 is 0 Å². The Bertz CT molecular complexity index is 1170. The molecule has 0 radical (unpaired) electrons. The zero-order valence-electron chi connectivity index (χ0n) is 16.2. The summed E-state index contributed by atoms with van der Waals surface area (Å²) in [7, 11) is 0. The molecule has 3 aromatic heterocycles. The molecule has 1 atom stereocenters. The van der Waals surface area contributed by atoms with E-state index < -0.39 is 6.04 Å². The molecule has 0 aliphatic carbocycles. The monoisotopic (exact) mass is 425 g/mol. The number of pyridine rings is 1. The molecule has 30 heavy (non-hydrogen) atoms. The number of rotatable bonds is 7. The number of aliphatic hydroxyl groups is 1. The third kappa shape index (κ3) is 3.92. The van der Waals surface area contributed by atoms with Crippen LogP contribution in [0.5, 0.6) is 5.75 Å². The van der Waals surface area contributed by atoms with E-state index in [0.29, 0.717) is 27.7 Å². The van der Waals surface area contributed by atoms with Crippen LogP contribution < -0.4 is 10.1 Å². The molecule has 8 heteroatoms. The smallest absolute Gasteiger partial charge is 0.270 e. The second kappa shape index (κ2) is 8.64. The molecule has 2 N–H and O–H groups in total. The van der Waals surface area contributed by atoms with E-state index in [-0.39, 0.29) is 24.9 Å². The van der Waals surface area contributed by atoms with Crippen molar-refractivity contribution in [1.29, 1.82) is 0 Å². The second-order valence-electron chi connectivity index (χ2n) is 6.71. The lowest BCUT2D eigenvalue weighted by Gasteiger charge is -2.17. The van der Waals surface area contributed by atoms with Gasteiger partial charge in [0.1, 0.15) is 18.1 Å². The van der Waals surface area contributed by atoms with Crippen LogP contribution in [0.2, 0.25) is 0 Å². The van der Waals surface area contributed by atoms with Gasteiger partial charge < -0.3 is 15.2 Å². The maximum atomic E-state index is 13.7. The molecule has 4 aromatic rings. The number of nitrogens with one attached hydrogen (secondary N) is 1. The number of aryl methyl sites for hydroxylation is 1. The number of hydrogen-bond acceptors (Lipinski definition) is 5. The zero-order chi connectivity index (χ0) is 21.1. The molecule has 0 spiro atoms. The summed E-state index contributed by atoms with van der Waals surface area (Å²) in [6.45, 7) is 1.59. The molecule has 0 saturated heterocycles. The van der Waals surface area contributed by atoms with Crippen molar-refractivity contribution in [3.63, 3.8) is 0 Å². The van der Waals surface area contributed by atoms with Gasteiger partial charge in [0.2, 0.25) is 0 Å². The van der Waals surface area contributed by atoms with Crippen LogP contribution in [0.4, 0.5) is 4.39 Å². The van der Waals surface area contributed by atoms with Gasteiger partial charge in [0.05, 0.1) is 23.2 Å². The number of nitrogens with zero attached hydrogens (tertiary/aromatic N) is 2. The largest absolute Gasteiger partial charge is 0.484 e. The molecule has 1 aromatic carbocycles. The highest BCUT2D eigenvalue weighted by Crippen LogP contribution is 2.25. The van der Waals surface area contributed by atoms with E-state index in [4.69, 9.17) is 4.74 Å². The normalized spacial score (nSPS) is 12.1. The number of fused-ring (bicyclic) bond motifs is 1.